The zero-order chi connectivity index (χ0) is 11.0. The van der Waals surface area contributed by atoms with Crippen LogP contribution in [0, 0.1) is 5.41 Å². The summed E-state index contributed by atoms with van der Waals surface area (Å²) >= 11 is 0. The molecular weight excluding hydrogens is 198 g/mol. The van der Waals surface area contributed by atoms with Crippen LogP contribution < -0.4 is 0 Å². The van der Waals surface area contributed by atoms with Gasteiger partial charge in [-0.1, -0.05) is 30.3 Å². The SMILES string of the molecule is OCC1(CN2CC(c3ccccc3)C2)CC1. The fraction of sp³-hybridized carbons (Fsp3) is 0.571. The Hall–Kier alpha value is -0.860. The van der Waals surface area contributed by atoms with Crippen molar-refractivity contribution < 1.29 is 5.11 Å². The third kappa shape index (κ3) is 1.87. The molecule has 2 nitrogen and oxygen atoms in total. The van der Waals surface area contributed by atoms with Crippen LogP contribution in [0.3, 0.4) is 0 Å². The van der Waals surface area contributed by atoms with Crippen molar-refractivity contribution in [1.29, 1.82) is 0 Å². The largest absolute Gasteiger partial charge is 0.396 e. The number of rotatable bonds is 4. The number of aliphatic hydroxyl groups excluding tert-OH is 1. The van der Waals surface area contributed by atoms with Crippen LogP contribution in [0.25, 0.3) is 0 Å². The predicted octanol–water partition coefficient (Wildman–Crippen LogP) is 1.86. The normalized spacial score (nSPS) is 24.1. The van der Waals surface area contributed by atoms with Gasteiger partial charge in [-0.2, -0.15) is 0 Å². The zero-order valence-electron chi connectivity index (χ0n) is 9.60. The van der Waals surface area contributed by atoms with Crippen molar-refractivity contribution in [3.8, 4) is 0 Å². The lowest BCUT2D eigenvalue weighted by molar-refractivity contribution is 0.0884. The van der Waals surface area contributed by atoms with E-state index in [1.54, 1.807) is 0 Å². The van der Waals surface area contributed by atoms with Crippen LogP contribution in [0.1, 0.15) is 24.3 Å². The Bertz CT molecular complexity index is 352. The van der Waals surface area contributed by atoms with Crippen molar-refractivity contribution in [2.24, 2.45) is 5.41 Å². The smallest absolute Gasteiger partial charge is 0.0499 e. The summed E-state index contributed by atoms with van der Waals surface area (Å²) in [6, 6.07) is 10.8. The van der Waals surface area contributed by atoms with Crippen LogP contribution in [-0.4, -0.2) is 36.2 Å². The molecule has 0 radical (unpaired) electrons. The molecule has 0 amide bonds. The standard InChI is InChI=1S/C14H19NO/c16-11-14(6-7-14)10-15-8-13(9-15)12-4-2-1-3-5-12/h1-5,13,16H,6-11H2. The lowest BCUT2D eigenvalue weighted by Gasteiger charge is -2.41. The second kappa shape index (κ2) is 3.86. The first-order chi connectivity index (χ1) is 7.81. The van der Waals surface area contributed by atoms with Crippen molar-refractivity contribution in [3.63, 3.8) is 0 Å². The molecule has 1 heterocycles. The summed E-state index contributed by atoms with van der Waals surface area (Å²) in [6.07, 6.45) is 2.44. The molecule has 16 heavy (non-hydrogen) atoms. The molecule has 1 saturated carbocycles. The van der Waals surface area contributed by atoms with Crippen LogP contribution in [-0.2, 0) is 0 Å². The fourth-order valence-electron chi connectivity index (χ4n) is 2.65. The summed E-state index contributed by atoms with van der Waals surface area (Å²) in [5.74, 6) is 0.718. The summed E-state index contributed by atoms with van der Waals surface area (Å²) in [5.41, 5.74) is 1.74. The predicted molar refractivity (Wildman–Crippen MR) is 64.4 cm³/mol. The van der Waals surface area contributed by atoms with Gasteiger partial charge in [0.2, 0.25) is 0 Å². The van der Waals surface area contributed by atoms with Crippen molar-refractivity contribution in [2.45, 2.75) is 18.8 Å². The molecular formula is C14H19NO. The molecule has 0 unspecified atom stereocenters. The second-order valence-electron chi connectivity index (χ2n) is 5.46. The van der Waals surface area contributed by atoms with Crippen molar-refractivity contribution in [1.82, 2.24) is 4.90 Å². The Kier molecular flexibility index (Phi) is 2.49. The zero-order valence-corrected chi connectivity index (χ0v) is 9.60. The van der Waals surface area contributed by atoms with E-state index in [0.29, 0.717) is 6.61 Å². The minimum atomic E-state index is 0.279. The lowest BCUT2D eigenvalue weighted by Crippen LogP contribution is -2.48. The van der Waals surface area contributed by atoms with E-state index < -0.39 is 0 Å². The van der Waals surface area contributed by atoms with E-state index in [4.69, 9.17) is 0 Å². The number of hydrogen-bond acceptors (Lipinski definition) is 2. The highest BCUT2D eigenvalue weighted by Crippen LogP contribution is 2.47. The van der Waals surface area contributed by atoms with Crippen LogP contribution >= 0.6 is 0 Å². The van der Waals surface area contributed by atoms with Crippen LogP contribution in [0.4, 0.5) is 0 Å². The molecule has 1 aromatic rings. The van der Waals surface area contributed by atoms with E-state index in [1.807, 2.05) is 0 Å². The Morgan fingerprint density at radius 3 is 2.44 bits per heavy atom. The van der Waals surface area contributed by atoms with Crippen molar-refractivity contribution in [3.05, 3.63) is 35.9 Å². The van der Waals surface area contributed by atoms with E-state index in [0.717, 1.165) is 12.5 Å². The average Bonchev–Trinajstić information content (AvgIpc) is 3.05. The first kappa shape index (κ1) is 10.3. The van der Waals surface area contributed by atoms with Gasteiger partial charge in [-0.15, -0.1) is 0 Å². The van der Waals surface area contributed by atoms with E-state index >= 15 is 0 Å². The van der Waals surface area contributed by atoms with Gasteiger partial charge in [0.15, 0.2) is 0 Å². The first-order valence-electron chi connectivity index (χ1n) is 6.19. The Morgan fingerprint density at radius 1 is 1.19 bits per heavy atom. The molecule has 2 heteroatoms. The van der Waals surface area contributed by atoms with Gasteiger partial charge in [-0.3, -0.25) is 0 Å². The maximum Gasteiger partial charge on any atom is 0.0499 e. The molecule has 1 aromatic carbocycles. The molecule has 0 aromatic heterocycles. The maximum absolute atomic E-state index is 9.28. The van der Waals surface area contributed by atoms with Crippen molar-refractivity contribution in [2.75, 3.05) is 26.2 Å². The maximum atomic E-state index is 9.28. The summed E-state index contributed by atoms with van der Waals surface area (Å²) in [6.45, 7) is 3.82. The number of benzene rings is 1. The number of aliphatic hydroxyl groups is 1. The van der Waals surface area contributed by atoms with Gasteiger partial charge in [0, 0.05) is 37.6 Å². The molecule has 1 N–H and O–H groups in total. The number of nitrogens with zero attached hydrogens (tertiary/aromatic N) is 1. The summed E-state index contributed by atoms with van der Waals surface area (Å²) in [4.78, 5) is 2.49. The van der Waals surface area contributed by atoms with Crippen molar-refractivity contribution >= 4 is 0 Å². The third-order valence-corrected chi connectivity index (χ3v) is 4.08. The van der Waals surface area contributed by atoms with Crippen LogP contribution in [0.2, 0.25) is 0 Å². The molecule has 1 aliphatic carbocycles. The summed E-state index contributed by atoms with van der Waals surface area (Å²) in [7, 11) is 0. The quantitative estimate of drug-likeness (QED) is 0.832. The van der Waals surface area contributed by atoms with Gasteiger partial charge >= 0.3 is 0 Å². The molecule has 0 atom stereocenters. The van der Waals surface area contributed by atoms with Gasteiger partial charge < -0.3 is 10.0 Å². The molecule has 2 aliphatic rings. The van der Waals surface area contributed by atoms with Crippen LogP contribution in [0.15, 0.2) is 30.3 Å². The number of likely N-dealkylation sites (tertiary alicyclic amines) is 1. The minimum Gasteiger partial charge on any atom is -0.396 e. The van der Waals surface area contributed by atoms with Gasteiger partial charge in [0.25, 0.3) is 0 Å². The number of hydrogen-bond donors (Lipinski definition) is 1. The van der Waals surface area contributed by atoms with Gasteiger partial charge in [0.05, 0.1) is 0 Å². The summed E-state index contributed by atoms with van der Waals surface area (Å²) in [5, 5.41) is 9.28. The Morgan fingerprint density at radius 2 is 1.88 bits per heavy atom. The highest BCUT2D eigenvalue weighted by atomic mass is 16.3. The lowest BCUT2D eigenvalue weighted by atomic mass is 9.90. The minimum absolute atomic E-state index is 0.279. The summed E-state index contributed by atoms with van der Waals surface area (Å²) < 4.78 is 0. The molecule has 2 fully saturated rings. The van der Waals surface area contributed by atoms with E-state index in [9.17, 15) is 5.11 Å². The molecule has 1 saturated heterocycles. The second-order valence-corrected chi connectivity index (χ2v) is 5.46. The fourth-order valence-corrected chi connectivity index (χ4v) is 2.65. The van der Waals surface area contributed by atoms with Gasteiger partial charge in [0.1, 0.15) is 0 Å². The third-order valence-electron chi connectivity index (χ3n) is 4.08. The van der Waals surface area contributed by atoms with E-state index in [2.05, 4.69) is 35.2 Å². The topological polar surface area (TPSA) is 23.5 Å². The van der Waals surface area contributed by atoms with E-state index in [-0.39, 0.29) is 5.41 Å². The molecule has 0 spiro atoms. The monoisotopic (exact) mass is 217 g/mol. The van der Waals surface area contributed by atoms with Crippen LogP contribution in [0.5, 0.6) is 0 Å². The Balaban J connectivity index is 1.52. The highest BCUT2D eigenvalue weighted by Gasteiger charge is 2.45. The molecule has 86 valence electrons. The first-order valence-corrected chi connectivity index (χ1v) is 6.19. The highest BCUT2D eigenvalue weighted by molar-refractivity contribution is 5.22. The van der Waals surface area contributed by atoms with Gasteiger partial charge in [-0.05, 0) is 18.4 Å². The average molecular weight is 217 g/mol. The molecule has 1 aliphatic heterocycles. The molecule has 0 bridgehead atoms. The molecule has 3 rings (SSSR count). The Labute approximate surface area is 96.9 Å². The van der Waals surface area contributed by atoms with Gasteiger partial charge in [-0.25, -0.2) is 0 Å². The van der Waals surface area contributed by atoms with E-state index in [1.165, 1.54) is 31.5 Å².